The molecule has 1 aromatic carbocycles. The molecule has 2 bridgehead atoms. The van der Waals surface area contributed by atoms with Crippen LogP contribution in [0.15, 0.2) is 24.3 Å². The summed E-state index contributed by atoms with van der Waals surface area (Å²) in [6, 6.07) is 7.18. The summed E-state index contributed by atoms with van der Waals surface area (Å²) in [5.74, 6) is 0.720. The van der Waals surface area contributed by atoms with Gasteiger partial charge in [0, 0.05) is 23.9 Å². The molecule has 2 fully saturated rings. The van der Waals surface area contributed by atoms with E-state index in [2.05, 4.69) is 0 Å². The number of hydrogen-bond acceptors (Lipinski definition) is 4. The zero-order valence-corrected chi connectivity index (χ0v) is 13.7. The predicted molar refractivity (Wildman–Crippen MR) is 83.8 cm³/mol. The Morgan fingerprint density at radius 3 is 2.14 bits per heavy atom. The van der Waals surface area contributed by atoms with Gasteiger partial charge >= 0.3 is 0 Å². The minimum Gasteiger partial charge on any atom is -0.497 e. The molecule has 2 unspecified atom stereocenters. The van der Waals surface area contributed by atoms with Crippen molar-refractivity contribution in [3.05, 3.63) is 29.8 Å². The maximum atomic E-state index is 12.8. The lowest BCUT2D eigenvalue weighted by Crippen LogP contribution is -2.49. The first-order valence-electron chi connectivity index (χ1n) is 7.55. The average Bonchev–Trinajstić information content (AvgIpc) is 2.75. The third kappa shape index (κ3) is 2.72. The molecule has 0 radical (unpaired) electrons. The van der Waals surface area contributed by atoms with Crippen molar-refractivity contribution >= 4 is 15.7 Å². The van der Waals surface area contributed by atoms with Crippen molar-refractivity contribution in [2.45, 2.75) is 43.0 Å². The van der Waals surface area contributed by atoms with Crippen molar-refractivity contribution < 1.29 is 17.9 Å². The first kappa shape index (κ1) is 15.3. The summed E-state index contributed by atoms with van der Waals surface area (Å²) >= 11 is 0. The van der Waals surface area contributed by atoms with Gasteiger partial charge in [0.1, 0.15) is 15.6 Å². The summed E-state index contributed by atoms with van der Waals surface area (Å²) in [5.41, 5.74) is 0.635. The van der Waals surface area contributed by atoms with Crippen LogP contribution in [-0.4, -0.2) is 49.9 Å². The second-order valence-corrected chi connectivity index (χ2v) is 8.57. The molecular weight excluding hydrogens is 302 g/mol. The Morgan fingerprint density at radius 1 is 1.14 bits per heavy atom. The molecule has 2 aliphatic rings. The highest BCUT2D eigenvalue weighted by Gasteiger charge is 2.45. The SMILES string of the molecule is COc1ccc(C(=O)N2C3CCC2CC(S(C)(=O)=O)C3)cc1. The molecule has 5 nitrogen and oxygen atoms in total. The van der Waals surface area contributed by atoms with E-state index < -0.39 is 9.84 Å². The number of rotatable bonds is 3. The van der Waals surface area contributed by atoms with Gasteiger partial charge in [0.25, 0.3) is 5.91 Å². The van der Waals surface area contributed by atoms with Crippen molar-refractivity contribution in [2.24, 2.45) is 0 Å². The maximum absolute atomic E-state index is 12.8. The number of sulfone groups is 1. The number of fused-ring (bicyclic) bond motifs is 2. The van der Waals surface area contributed by atoms with Gasteiger partial charge in [-0.15, -0.1) is 0 Å². The summed E-state index contributed by atoms with van der Waals surface area (Å²) in [7, 11) is -1.44. The number of amides is 1. The number of hydrogen-bond donors (Lipinski definition) is 0. The topological polar surface area (TPSA) is 63.7 Å². The zero-order chi connectivity index (χ0) is 15.9. The van der Waals surface area contributed by atoms with Gasteiger partial charge in [0.05, 0.1) is 12.4 Å². The van der Waals surface area contributed by atoms with Gasteiger partial charge in [0.15, 0.2) is 0 Å². The van der Waals surface area contributed by atoms with Crippen LogP contribution in [-0.2, 0) is 9.84 Å². The maximum Gasteiger partial charge on any atom is 0.254 e. The number of piperidine rings is 1. The molecule has 1 amide bonds. The molecule has 2 heterocycles. The van der Waals surface area contributed by atoms with E-state index in [0.29, 0.717) is 18.4 Å². The summed E-state index contributed by atoms with van der Waals surface area (Å²) in [5, 5.41) is -0.301. The van der Waals surface area contributed by atoms with Crippen LogP contribution in [0.1, 0.15) is 36.0 Å². The van der Waals surface area contributed by atoms with Crippen LogP contribution >= 0.6 is 0 Å². The van der Waals surface area contributed by atoms with Gasteiger partial charge in [-0.05, 0) is 49.9 Å². The quantitative estimate of drug-likeness (QED) is 0.852. The third-order valence-corrected chi connectivity index (χ3v) is 6.46. The van der Waals surface area contributed by atoms with Crippen molar-refractivity contribution in [1.82, 2.24) is 4.90 Å². The van der Waals surface area contributed by atoms with E-state index in [0.717, 1.165) is 18.6 Å². The number of carbonyl (C=O) groups excluding carboxylic acids is 1. The van der Waals surface area contributed by atoms with E-state index in [4.69, 9.17) is 4.74 Å². The van der Waals surface area contributed by atoms with Gasteiger partial charge < -0.3 is 9.64 Å². The largest absolute Gasteiger partial charge is 0.497 e. The zero-order valence-electron chi connectivity index (χ0n) is 12.9. The lowest BCUT2D eigenvalue weighted by atomic mass is 10.0. The van der Waals surface area contributed by atoms with Gasteiger partial charge in [-0.2, -0.15) is 0 Å². The lowest BCUT2D eigenvalue weighted by molar-refractivity contribution is 0.0598. The van der Waals surface area contributed by atoms with Crippen LogP contribution in [0.2, 0.25) is 0 Å². The number of benzene rings is 1. The molecule has 120 valence electrons. The molecule has 0 aliphatic carbocycles. The highest BCUT2D eigenvalue weighted by atomic mass is 32.2. The highest BCUT2D eigenvalue weighted by Crippen LogP contribution is 2.39. The highest BCUT2D eigenvalue weighted by molar-refractivity contribution is 7.91. The molecule has 0 saturated carbocycles. The van der Waals surface area contributed by atoms with Crippen molar-refractivity contribution in [3.63, 3.8) is 0 Å². The fraction of sp³-hybridized carbons (Fsp3) is 0.562. The fourth-order valence-corrected chi connectivity index (χ4v) is 4.83. The molecule has 2 saturated heterocycles. The van der Waals surface area contributed by atoms with Crippen LogP contribution in [0, 0.1) is 0 Å². The Bertz CT molecular complexity index is 654. The minimum absolute atomic E-state index is 0.00195. The van der Waals surface area contributed by atoms with Crippen LogP contribution in [0.25, 0.3) is 0 Å². The Labute approximate surface area is 131 Å². The smallest absolute Gasteiger partial charge is 0.254 e. The van der Waals surface area contributed by atoms with Gasteiger partial charge in [-0.25, -0.2) is 8.42 Å². The van der Waals surface area contributed by atoms with Gasteiger partial charge in [-0.1, -0.05) is 0 Å². The van der Waals surface area contributed by atoms with E-state index in [1.165, 1.54) is 6.26 Å². The first-order chi connectivity index (χ1) is 10.4. The van der Waals surface area contributed by atoms with Crippen LogP contribution < -0.4 is 4.74 Å². The summed E-state index contributed by atoms with van der Waals surface area (Å²) in [6.07, 6.45) is 4.24. The monoisotopic (exact) mass is 323 g/mol. The van der Waals surface area contributed by atoms with E-state index >= 15 is 0 Å². The molecule has 6 heteroatoms. The number of nitrogens with zero attached hydrogens (tertiary/aromatic N) is 1. The van der Waals surface area contributed by atoms with E-state index in [1.807, 2.05) is 4.90 Å². The van der Waals surface area contributed by atoms with Crippen LogP contribution in [0.4, 0.5) is 0 Å². The molecule has 3 rings (SSSR count). The third-order valence-electron chi connectivity index (χ3n) is 4.87. The van der Waals surface area contributed by atoms with Gasteiger partial charge in [0.2, 0.25) is 0 Å². The normalized spacial score (nSPS) is 27.7. The summed E-state index contributed by atoms with van der Waals surface area (Å²) < 4.78 is 28.7. The van der Waals surface area contributed by atoms with Crippen molar-refractivity contribution in [2.75, 3.05) is 13.4 Å². The molecule has 2 atom stereocenters. The second-order valence-electron chi connectivity index (χ2n) is 6.25. The standard InChI is InChI=1S/C16H21NO4S/c1-21-14-7-3-11(4-8-14)16(18)17-12-5-6-13(17)10-15(9-12)22(2,19)20/h3-4,7-8,12-13,15H,5-6,9-10H2,1-2H3. The van der Waals surface area contributed by atoms with Crippen LogP contribution in [0.5, 0.6) is 5.75 Å². The molecule has 0 aromatic heterocycles. The van der Waals surface area contributed by atoms with E-state index in [-0.39, 0.29) is 23.2 Å². The molecule has 1 aromatic rings. The Kier molecular flexibility index (Phi) is 3.89. The number of carbonyl (C=O) groups is 1. The lowest BCUT2D eigenvalue weighted by Gasteiger charge is -2.38. The van der Waals surface area contributed by atoms with E-state index in [1.54, 1.807) is 31.4 Å². The fourth-order valence-electron chi connectivity index (χ4n) is 3.69. The van der Waals surface area contributed by atoms with Crippen molar-refractivity contribution in [1.29, 1.82) is 0 Å². The average molecular weight is 323 g/mol. The Morgan fingerprint density at radius 2 is 1.68 bits per heavy atom. The number of ether oxygens (including phenoxy) is 1. The Balaban J connectivity index is 1.80. The van der Waals surface area contributed by atoms with Gasteiger partial charge in [-0.3, -0.25) is 4.79 Å². The predicted octanol–water partition coefficient (Wildman–Crippen LogP) is 1.88. The number of methoxy groups -OCH3 is 1. The Hall–Kier alpha value is -1.56. The summed E-state index contributed by atoms with van der Waals surface area (Å²) in [6.45, 7) is 0. The summed E-state index contributed by atoms with van der Waals surface area (Å²) in [4.78, 5) is 14.7. The first-order valence-corrected chi connectivity index (χ1v) is 9.51. The molecule has 22 heavy (non-hydrogen) atoms. The molecular formula is C16H21NO4S. The van der Waals surface area contributed by atoms with E-state index in [9.17, 15) is 13.2 Å². The second kappa shape index (κ2) is 5.57. The molecule has 0 N–H and O–H groups in total. The van der Waals surface area contributed by atoms with Crippen LogP contribution in [0.3, 0.4) is 0 Å². The molecule has 0 spiro atoms. The molecule has 2 aliphatic heterocycles. The van der Waals surface area contributed by atoms with Crippen molar-refractivity contribution in [3.8, 4) is 5.75 Å². The minimum atomic E-state index is -3.03.